The van der Waals surface area contributed by atoms with Crippen LogP contribution in [0.2, 0.25) is 0 Å². The zero-order chi connectivity index (χ0) is 20.5. The molecule has 144 valence electrons. The van der Waals surface area contributed by atoms with E-state index in [1.54, 1.807) is 36.4 Å². The smallest absolute Gasteiger partial charge is 0.170 e. The van der Waals surface area contributed by atoms with E-state index >= 15 is 0 Å². The lowest BCUT2D eigenvalue weighted by molar-refractivity contribution is 0.0894. The first-order chi connectivity index (χ1) is 14.7. The zero-order valence-corrected chi connectivity index (χ0v) is 16.3. The number of aromatic nitrogens is 1. The van der Waals surface area contributed by atoms with E-state index in [9.17, 15) is 9.59 Å². The molecule has 0 fully saturated rings. The summed E-state index contributed by atoms with van der Waals surface area (Å²) in [6.07, 6.45) is -0.126. The molecule has 0 radical (unpaired) electrons. The Hall–Kier alpha value is -3.98. The van der Waals surface area contributed by atoms with E-state index in [-0.39, 0.29) is 18.0 Å². The second-order valence-corrected chi connectivity index (χ2v) is 7.31. The maximum Gasteiger partial charge on any atom is 0.170 e. The molecule has 0 bridgehead atoms. The Morgan fingerprint density at radius 2 is 1.00 bits per heavy atom. The molecule has 0 spiro atoms. The molecular formula is C27H19NO2. The minimum absolute atomic E-state index is 0.126. The van der Waals surface area contributed by atoms with Gasteiger partial charge in [0.15, 0.2) is 11.6 Å². The van der Waals surface area contributed by atoms with E-state index in [1.807, 2.05) is 42.5 Å². The summed E-state index contributed by atoms with van der Waals surface area (Å²) in [4.78, 5) is 25.0. The van der Waals surface area contributed by atoms with Gasteiger partial charge in [-0.2, -0.15) is 0 Å². The van der Waals surface area contributed by atoms with Gasteiger partial charge in [-0.3, -0.25) is 9.59 Å². The van der Waals surface area contributed by atoms with Crippen molar-refractivity contribution < 1.29 is 9.59 Å². The average Bonchev–Trinajstić information content (AvgIpc) is 3.14. The summed E-state index contributed by atoms with van der Waals surface area (Å²) in [6.45, 7) is 0. The number of nitrogens with zero attached hydrogens (tertiary/aromatic N) is 1. The van der Waals surface area contributed by atoms with Gasteiger partial charge < -0.3 is 4.57 Å². The second kappa shape index (κ2) is 7.45. The van der Waals surface area contributed by atoms with Gasteiger partial charge in [-0.15, -0.1) is 0 Å². The number of fused-ring (bicyclic) bond motifs is 3. The molecule has 0 atom stereocenters. The van der Waals surface area contributed by atoms with Gasteiger partial charge in [-0.25, -0.2) is 0 Å². The van der Waals surface area contributed by atoms with Crippen LogP contribution in [0.5, 0.6) is 0 Å². The van der Waals surface area contributed by atoms with Crippen LogP contribution >= 0.6 is 0 Å². The van der Waals surface area contributed by atoms with Crippen LogP contribution in [0.1, 0.15) is 27.1 Å². The lowest BCUT2D eigenvalue weighted by Gasteiger charge is -2.09. The normalized spacial score (nSPS) is 11.1. The summed E-state index contributed by atoms with van der Waals surface area (Å²) in [6, 6.07) is 33.1. The molecule has 3 heteroatoms. The Morgan fingerprint density at radius 3 is 1.57 bits per heavy atom. The fraction of sp³-hybridized carbons (Fsp3) is 0.0370. The molecule has 3 nitrogen and oxygen atoms in total. The molecule has 0 aliphatic rings. The van der Waals surface area contributed by atoms with E-state index in [0.29, 0.717) is 11.1 Å². The van der Waals surface area contributed by atoms with E-state index in [4.69, 9.17) is 0 Å². The third kappa shape index (κ3) is 3.11. The summed E-state index contributed by atoms with van der Waals surface area (Å²) < 4.78 is 2.20. The number of carbonyl (C=O) groups excluding carboxylic acids is 2. The molecule has 0 saturated heterocycles. The van der Waals surface area contributed by atoms with Crippen LogP contribution in [-0.2, 0) is 0 Å². The summed E-state index contributed by atoms with van der Waals surface area (Å²) in [5.74, 6) is -0.329. The third-order valence-electron chi connectivity index (χ3n) is 5.44. The van der Waals surface area contributed by atoms with Crippen molar-refractivity contribution in [2.24, 2.45) is 0 Å². The SMILES string of the molecule is O=C(CC(=O)c1ccc(-n2c3ccccc3c3ccccc32)cc1)c1ccccc1. The quantitative estimate of drug-likeness (QED) is 0.264. The van der Waals surface area contributed by atoms with Gasteiger partial charge in [0, 0.05) is 27.6 Å². The van der Waals surface area contributed by atoms with Gasteiger partial charge in [-0.05, 0) is 36.4 Å². The number of para-hydroxylation sites is 2. The molecule has 1 aromatic heterocycles. The van der Waals surface area contributed by atoms with Crippen molar-refractivity contribution in [2.75, 3.05) is 0 Å². The molecule has 5 aromatic rings. The number of carbonyl (C=O) groups is 2. The van der Waals surface area contributed by atoms with Crippen molar-refractivity contribution >= 4 is 33.4 Å². The summed E-state index contributed by atoms with van der Waals surface area (Å²) in [5, 5.41) is 2.39. The van der Waals surface area contributed by atoms with Gasteiger partial charge in [-0.1, -0.05) is 66.7 Å². The Bertz CT molecular complexity index is 1330. The highest BCUT2D eigenvalue weighted by atomic mass is 16.1. The first kappa shape index (κ1) is 18.1. The monoisotopic (exact) mass is 389 g/mol. The van der Waals surface area contributed by atoms with Crippen LogP contribution in [0.3, 0.4) is 0 Å². The van der Waals surface area contributed by atoms with Gasteiger partial charge >= 0.3 is 0 Å². The number of hydrogen-bond donors (Lipinski definition) is 0. The van der Waals surface area contributed by atoms with Crippen molar-refractivity contribution in [1.82, 2.24) is 4.57 Å². The van der Waals surface area contributed by atoms with E-state index < -0.39 is 0 Å². The summed E-state index contributed by atoms with van der Waals surface area (Å²) in [5.41, 5.74) is 4.34. The van der Waals surface area contributed by atoms with Crippen molar-refractivity contribution in [2.45, 2.75) is 6.42 Å². The van der Waals surface area contributed by atoms with Gasteiger partial charge in [0.05, 0.1) is 17.5 Å². The third-order valence-corrected chi connectivity index (χ3v) is 5.44. The summed E-state index contributed by atoms with van der Waals surface area (Å²) in [7, 11) is 0. The molecule has 0 saturated carbocycles. The van der Waals surface area contributed by atoms with Crippen LogP contribution in [0.25, 0.3) is 27.5 Å². The predicted octanol–water partition coefficient (Wildman–Crippen LogP) is 6.24. The van der Waals surface area contributed by atoms with Crippen LogP contribution in [0.4, 0.5) is 0 Å². The van der Waals surface area contributed by atoms with Gasteiger partial charge in [0.1, 0.15) is 0 Å². The van der Waals surface area contributed by atoms with Gasteiger partial charge in [0.2, 0.25) is 0 Å². The van der Waals surface area contributed by atoms with Crippen LogP contribution in [-0.4, -0.2) is 16.1 Å². The summed E-state index contributed by atoms with van der Waals surface area (Å²) >= 11 is 0. The maximum atomic E-state index is 12.6. The van der Waals surface area contributed by atoms with Crippen molar-refractivity contribution in [3.8, 4) is 5.69 Å². The molecule has 0 N–H and O–H groups in total. The first-order valence-electron chi connectivity index (χ1n) is 9.92. The minimum atomic E-state index is -0.169. The number of Topliss-reactive ketones (excluding diaryl/α,β-unsaturated/α-hetero) is 2. The number of hydrogen-bond acceptors (Lipinski definition) is 2. The number of rotatable bonds is 5. The molecule has 1 heterocycles. The molecule has 30 heavy (non-hydrogen) atoms. The fourth-order valence-corrected chi connectivity index (χ4v) is 3.97. The molecule has 0 aliphatic carbocycles. The second-order valence-electron chi connectivity index (χ2n) is 7.31. The van der Waals surface area contributed by atoms with Crippen LogP contribution in [0.15, 0.2) is 103 Å². The Morgan fingerprint density at radius 1 is 0.533 bits per heavy atom. The lowest BCUT2D eigenvalue weighted by atomic mass is 10.0. The molecule has 0 aliphatic heterocycles. The van der Waals surface area contributed by atoms with Gasteiger partial charge in [0.25, 0.3) is 0 Å². The van der Waals surface area contributed by atoms with Crippen molar-refractivity contribution in [1.29, 1.82) is 0 Å². The average molecular weight is 389 g/mol. The Kier molecular flexibility index (Phi) is 4.49. The van der Waals surface area contributed by atoms with E-state index in [2.05, 4.69) is 28.8 Å². The molecule has 0 amide bonds. The standard InChI is InChI=1S/C27H19NO2/c29-26(19-8-2-1-3-9-19)18-27(30)20-14-16-21(17-15-20)28-24-12-6-4-10-22(24)23-11-5-7-13-25(23)28/h1-17H,18H2. The molecule has 0 unspecified atom stereocenters. The van der Waals surface area contributed by atoms with E-state index in [0.717, 1.165) is 16.7 Å². The highest BCUT2D eigenvalue weighted by Gasteiger charge is 2.15. The predicted molar refractivity (Wildman–Crippen MR) is 121 cm³/mol. The Balaban J connectivity index is 1.48. The van der Waals surface area contributed by atoms with Crippen LogP contribution in [0, 0.1) is 0 Å². The molecule has 4 aromatic carbocycles. The zero-order valence-electron chi connectivity index (χ0n) is 16.3. The fourth-order valence-electron chi connectivity index (χ4n) is 3.97. The Labute approximate surface area is 174 Å². The molecular weight excluding hydrogens is 370 g/mol. The lowest BCUT2D eigenvalue weighted by Crippen LogP contribution is -2.08. The maximum absolute atomic E-state index is 12.6. The first-order valence-corrected chi connectivity index (χ1v) is 9.92. The van der Waals surface area contributed by atoms with Crippen molar-refractivity contribution in [3.05, 3.63) is 114 Å². The molecule has 5 rings (SSSR count). The van der Waals surface area contributed by atoms with E-state index in [1.165, 1.54) is 10.8 Å². The highest BCUT2D eigenvalue weighted by Crippen LogP contribution is 2.31. The number of ketones is 2. The van der Waals surface area contributed by atoms with Crippen LogP contribution < -0.4 is 0 Å². The minimum Gasteiger partial charge on any atom is -0.309 e. The number of benzene rings is 4. The largest absolute Gasteiger partial charge is 0.309 e. The van der Waals surface area contributed by atoms with Crippen molar-refractivity contribution in [3.63, 3.8) is 0 Å². The highest BCUT2D eigenvalue weighted by molar-refractivity contribution is 6.13. The topological polar surface area (TPSA) is 39.1 Å².